The molecule has 0 saturated carbocycles. The van der Waals surface area contributed by atoms with Gasteiger partial charge in [0.15, 0.2) is 0 Å². The first-order valence-electron chi connectivity index (χ1n) is 6.87. The molecule has 0 spiro atoms. The summed E-state index contributed by atoms with van der Waals surface area (Å²) in [5.74, 6) is 1.49. The van der Waals surface area contributed by atoms with E-state index in [4.69, 9.17) is 4.42 Å². The van der Waals surface area contributed by atoms with Crippen molar-refractivity contribution >= 4 is 0 Å². The van der Waals surface area contributed by atoms with Crippen LogP contribution >= 0.6 is 0 Å². The van der Waals surface area contributed by atoms with Gasteiger partial charge in [0.1, 0.15) is 0 Å². The van der Waals surface area contributed by atoms with Crippen molar-refractivity contribution in [3.8, 4) is 0 Å². The lowest BCUT2D eigenvalue weighted by molar-refractivity contribution is 0.372. The first kappa shape index (κ1) is 13.7. The van der Waals surface area contributed by atoms with E-state index in [1.807, 2.05) is 18.2 Å². The molecule has 0 amide bonds. The van der Waals surface area contributed by atoms with Gasteiger partial charge in [-0.3, -0.25) is 0 Å². The minimum Gasteiger partial charge on any atom is -0.423 e. The van der Waals surface area contributed by atoms with Gasteiger partial charge >= 0.3 is 0 Å². The molecule has 2 rings (SSSR count). The van der Waals surface area contributed by atoms with Gasteiger partial charge in [-0.05, 0) is 25.5 Å². The molecule has 0 bridgehead atoms. The summed E-state index contributed by atoms with van der Waals surface area (Å²) in [6.07, 6.45) is 0.940. The predicted octanol–water partition coefficient (Wildman–Crippen LogP) is 3.28. The van der Waals surface area contributed by atoms with Crippen molar-refractivity contribution in [2.75, 3.05) is 6.54 Å². The van der Waals surface area contributed by atoms with Gasteiger partial charge in [-0.25, -0.2) is 0 Å². The molecule has 1 aromatic carbocycles. The first-order chi connectivity index (χ1) is 9.26. The second-order valence-corrected chi connectivity index (χ2v) is 4.63. The number of aromatic nitrogens is 2. The minimum absolute atomic E-state index is 0.126. The van der Waals surface area contributed by atoms with Crippen molar-refractivity contribution in [1.82, 2.24) is 15.5 Å². The highest BCUT2D eigenvalue weighted by molar-refractivity contribution is 5.23. The molecule has 0 saturated heterocycles. The van der Waals surface area contributed by atoms with E-state index in [-0.39, 0.29) is 12.0 Å². The summed E-state index contributed by atoms with van der Waals surface area (Å²) in [6, 6.07) is 10.4. The van der Waals surface area contributed by atoms with Crippen LogP contribution in [0.3, 0.4) is 0 Å². The molecule has 0 fully saturated rings. The van der Waals surface area contributed by atoms with Gasteiger partial charge in [0.25, 0.3) is 0 Å². The van der Waals surface area contributed by atoms with E-state index in [9.17, 15) is 0 Å². The normalized spacial score (nSPS) is 14.3. The van der Waals surface area contributed by atoms with Crippen molar-refractivity contribution < 1.29 is 4.42 Å². The van der Waals surface area contributed by atoms with E-state index in [2.05, 4.69) is 48.4 Å². The van der Waals surface area contributed by atoms with Crippen molar-refractivity contribution in [2.45, 2.75) is 39.2 Å². The number of nitrogens with zero attached hydrogens (tertiary/aromatic N) is 2. The Kier molecular flexibility index (Phi) is 4.68. The Hall–Kier alpha value is -1.68. The highest BCUT2D eigenvalue weighted by Crippen LogP contribution is 2.24. The van der Waals surface area contributed by atoms with E-state index in [0.29, 0.717) is 11.8 Å². The van der Waals surface area contributed by atoms with Gasteiger partial charge in [0.2, 0.25) is 11.8 Å². The summed E-state index contributed by atoms with van der Waals surface area (Å²) in [4.78, 5) is 0. The Balaban J connectivity index is 2.16. The molecule has 19 heavy (non-hydrogen) atoms. The molecule has 4 heteroatoms. The third-order valence-electron chi connectivity index (χ3n) is 3.28. The van der Waals surface area contributed by atoms with E-state index < -0.39 is 0 Å². The zero-order valence-corrected chi connectivity index (χ0v) is 11.8. The SMILES string of the molecule is CCNC(CC)c1nnc(C(C)c2ccccc2)o1. The highest BCUT2D eigenvalue weighted by atomic mass is 16.4. The Morgan fingerprint density at radius 3 is 2.42 bits per heavy atom. The van der Waals surface area contributed by atoms with Crippen LogP contribution in [-0.4, -0.2) is 16.7 Å². The highest BCUT2D eigenvalue weighted by Gasteiger charge is 2.19. The fourth-order valence-electron chi connectivity index (χ4n) is 2.10. The molecule has 0 aliphatic heterocycles. The van der Waals surface area contributed by atoms with E-state index in [0.717, 1.165) is 13.0 Å². The molecule has 2 aromatic rings. The lowest BCUT2D eigenvalue weighted by atomic mass is 10.0. The molecule has 2 unspecified atom stereocenters. The maximum atomic E-state index is 5.82. The van der Waals surface area contributed by atoms with Gasteiger partial charge in [-0.15, -0.1) is 10.2 Å². The fourth-order valence-corrected chi connectivity index (χ4v) is 2.10. The summed E-state index contributed by atoms with van der Waals surface area (Å²) in [7, 11) is 0. The molecule has 0 aliphatic rings. The second-order valence-electron chi connectivity index (χ2n) is 4.63. The molecule has 2 atom stereocenters. The minimum atomic E-state index is 0.126. The lowest BCUT2D eigenvalue weighted by Crippen LogP contribution is -2.20. The van der Waals surface area contributed by atoms with Crippen LogP contribution in [0, 0.1) is 0 Å². The van der Waals surface area contributed by atoms with Crippen molar-refractivity contribution in [2.24, 2.45) is 0 Å². The lowest BCUT2D eigenvalue weighted by Gasteiger charge is -2.11. The van der Waals surface area contributed by atoms with Gasteiger partial charge in [-0.1, -0.05) is 44.2 Å². The van der Waals surface area contributed by atoms with Gasteiger partial charge in [-0.2, -0.15) is 0 Å². The molecule has 1 heterocycles. The maximum Gasteiger partial charge on any atom is 0.233 e. The number of benzene rings is 1. The van der Waals surface area contributed by atoms with Crippen LogP contribution in [0.2, 0.25) is 0 Å². The quantitative estimate of drug-likeness (QED) is 0.865. The Bertz CT molecular complexity index is 495. The third kappa shape index (κ3) is 3.20. The summed E-state index contributed by atoms with van der Waals surface area (Å²) in [6.45, 7) is 7.16. The predicted molar refractivity (Wildman–Crippen MR) is 75.0 cm³/mol. The largest absolute Gasteiger partial charge is 0.423 e. The molecule has 0 radical (unpaired) electrons. The summed E-state index contributed by atoms with van der Waals surface area (Å²) in [5.41, 5.74) is 1.19. The Labute approximate surface area is 114 Å². The van der Waals surface area contributed by atoms with Crippen LogP contribution in [0.4, 0.5) is 0 Å². The molecule has 4 nitrogen and oxygen atoms in total. The summed E-state index contributed by atoms with van der Waals surface area (Å²) < 4.78 is 5.82. The monoisotopic (exact) mass is 259 g/mol. The van der Waals surface area contributed by atoms with Crippen molar-refractivity contribution in [3.05, 3.63) is 47.7 Å². The molecule has 0 aliphatic carbocycles. The second kappa shape index (κ2) is 6.48. The average Bonchev–Trinajstić information content (AvgIpc) is 2.94. The number of nitrogens with one attached hydrogen (secondary N) is 1. The van der Waals surface area contributed by atoms with E-state index in [1.165, 1.54) is 5.56 Å². The van der Waals surface area contributed by atoms with Gasteiger partial charge in [0.05, 0.1) is 12.0 Å². The topological polar surface area (TPSA) is 51.0 Å². The molecule has 102 valence electrons. The zero-order valence-electron chi connectivity index (χ0n) is 11.8. The van der Waals surface area contributed by atoms with Crippen molar-refractivity contribution in [1.29, 1.82) is 0 Å². The van der Waals surface area contributed by atoms with Crippen LogP contribution in [0.15, 0.2) is 34.7 Å². The van der Waals surface area contributed by atoms with Crippen LogP contribution in [0.1, 0.15) is 56.5 Å². The number of hydrogen-bond donors (Lipinski definition) is 1. The standard InChI is InChI=1S/C15H21N3O/c1-4-13(16-5-2)15-18-17-14(19-15)11(3)12-9-7-6-8-10-12/h6-11,13,16H,4-5H2,1-3H3. The average molecular weight is 259 g/mol. The first-order valence-corrected chi connectivity index (χ1v) is 6.87. The van der Waals surface area contributed by atoms with Crippen LogP contribution in [0.5, 0.6) is 0 Å². The number of hydrogen-bond acceptors (Lipinski definition) is 4. The molecule has 1 aromatic heterocycles. The summed E-state index contributed by atoms with van der Waals surface area (Å²) >= 11 is 0. The van der Waals surface area contributed by atoms with E-state index in [1.54, 1.807) is 0 Å². The summed E-state index contributed by atoms with van der Waals surface area (Å²) in [5, 5.41) is 11.7. The Morgan fingerprint density at radius 2 is 1.79 bits per heavy atom. The van der Waals surface area contributed by atoms with Crippen molar-refractivity contribution in [3.63, 3.8) is 0 Å². The number of rotatable bonds is 6. The molecular formula is C15H21N3O. The third-order valence-corrected chi connectivity index (χ3v) is 3.28. The maximum absolute atomic E-state index is 5.82. The smallest absolute Gasteiger partial charge is 0.233 e. The van der Waals surface area contributed by atoms with Gasteiger partial charge < -0.3 is 9.73 Å². The van der Waals surface area contributed by atoms with Crippen LogP contribution in [0.25, 0.3) is 0 Å². The zero-order chi connectivity index (χ0) is 13.7. The van der Waals surface area contributed by atoms with E-state index >= 15 is 0 Å². The fraction of sp³-hybridized carbons (Fsp3) is 0.467. The molecule has 1 N–H and O–H groups in total. The van der Waals surface area contributed by atoms with Gasteiger partial charge in [0, 0.05) is 0 Å². The van der Waals surface area contributed by atoms with Crippen LogP contribution < -0.4 is 5.32 Å². The Morgan fingerprint density at radius 1 is 1.11 bits per heavy atom. The van der Waals surface area contributed by atoms with Crippen LogP contribution in [-0.2, 0) is 0 Å². The molecular weight excluding hydrogens is 238 g/mol.